The van der Waals surface area contributed by atoms with E-state index in [1.54, 1.807) is 0 Å². The monoisotopic (exact) mass is 381 g/mol. The molecule has 0 spiro atoms. The zero-order chi connectivity index (χ0) is 19.6. The summed E-state index contributed by atoms with van der Waals surface area (Å²) in [5.41, 5.74) is 4.21. The molecule has 0 atom stereocenters. The van der Waals surface area contributed by atoms with Crippen LogP contribution in [0, 0.1) is 0 Å². The van der Waals surface area contributed by atoms with Gasteiger partial charge < -0.3 is 9.80 Å². The van der Waals surface area contributed by atoms with E-state index in [0.717, 1.165) is 54.4 Å². The summed E-state index contributed by atoms with van der Waals surface area (Å²) in [5, 5.41) is 11.8. The second kappa shape index (κ2) is 7.60. The van der Waals surface area contributed by atoms with Gasteiger partial charge in [-0.05, 0) is 41.6 Å². The Labute approximate surface area is 170 Å². The lowest BCUT2D eigenvalue weighted by Crippen LogP contribution is -2.44. The lowest BCUT2D eigenvalue weighted by atomic mass is 9.96. The molecule has 1 saturated heterocycles. The smallest absolute Gasteiger partial charge is 0.151 e. The number of hydrogen-bond donors (Lipinski definition) is 0. The van der Waals surface area contributed by atoms with Crippen LogP contribution >= 0.6 is 0 Å². The zero-order valence-corrected chi connectivity index (χ0v) is 16.5. The third kappa shape index (κ3) is 3.45. The number of fused-ring (bicyclic) bond motifs is 1. The Morgan fingerprint density at radius 1 is 0.759 bits per heavy atom. The SMILES string of the molecule is CN1CCN(c2cc(-c3ccncc3)c(-c3cccc4ccccc34)nn2)CC1. The largest absolute Gasteiger partial charge is 0.353 e. The van der Waals surface area contributed by atoms with Crippen LogP contribution in [0.5, 0.6) is 0 Å². The van der Waals surface area contributed by atoms with Crippen LogP contribution in [0.2, 0.25) is 0 Å². The molecule has 5 rings (SSSR count). The van der Waals surface area contributed by atoms with Gasteiger partial charge in [0.15, 0.2) is 5.82 Å². The molecular formula is C24H23N5. The van der Waals surface area contributed by atoms with Gasteiger partial charge in [0.05, 0.1) is 0 Å². The second-order valence-corrected chi connectivity index (χ2v) is 7.52. The maximum atomic E-state index is 4.74. The van der Waals surface area contributed by atoms with Crippen molar-refractivity contribution in [2.45, 2.75) is 0 Å². The maximum Gasteiger partial charge on any atom is 0.151 e. The van der Waals surface area contributed by atoms with Crippen molar-refractivity contribution in [1.29, 1.82) is 0 Å². The highest BCUT2D eigenvalue weighted by atomic mass is 15.3. The van der Waals surface area contributed by atoms with Gasteiger partial charge in [0.25, 0.3) is 0 Å². The Morgan fingerprint density at radius 3 is 2.34 bits per heavy atom. The molecule has 4 aromatic rings. The number of benzene rings is 2. The molecule has 0 N–H and O–H groups in total. The Morgan fingerprint density at radius 2 is 1.52 bits per heavy atom. The predicted octanol–water partition coefficient (Wildman–Crippen LogP) is 4.11. The van der Waals surface area contributed by atoms with Crippen LogP contribution in [0.15, 0.2) is 73.1 Å². The molecule has 0 radical (unpaired) electrons. The minimum absolute atomic E-state index is 0.908. The van der Waals surface area contributed by atoms with E-state index >= 15 is 0 Å². The van der Waals surface area contributed by atoms with Crippen molar-refractivity contribution in [3.05, 3.63) is 73.1 Å². The van der Waals surface area contributed by atoms with Gasteiger partial charge in [-0.1, -0.05) is 42.5 Å². The van der Waals surface area contributed by atoms with E-state index in [4.69, 9.17) is 5.10 Å². The minimum Gasteiger partial charge on any atom is -0.353 e. The lowest BCUT2D eigenvalue weighted by Gasteiger charge is -2.33. The van der Waals surface area contributed by atoms with E-state index in [1.165, 1.54) is 10.8 Å². The first-order valence-corrected chi connectivity index (χ1v) is 9.99. The van der Waals surface area contributed by atoms with Gasteiger partial charge in [0.1, 0.15) is 5.69 Å². The van der Waals surface area contributed by atoms with Crippen LogP contribution in [0.1, 0.15) is 0 Å². The van der Waals surface area contributed by atoms with Gasteiger partial charge in [-0.3, -0.25) is 4.98 Å². The summed E-state index contributed by atoms with van der Waals surface area (Å²) < 4.78 is 0. The fourth-order valence-corrected chi connectivity index (χ4v) is 3.95. The van der Waals surface area contributed by atoms with Crippen molar-refractivity contribution in [3.8, 4) is 22.4 Å². The number of hydrogen-bond acceptors (Lipinski definition) is 5. The fraction of sp³-hybridized carbons (Fsp3) is 0.208. The Kier molecular flexibility index (Phi) is 4.66. The molecule has 5 nitrogen and oxygen atoms in total. The number of pyridine rings is 1. The summed E-state index contributed by atoms with van der Waals surface area (Å²) in [5.74, 6) is 0.939. The maximum absolute atomic E-state index is 4.74. The molecule has 0 unspecified atom stereocenters. The molecule has 1 aliphatic rings. The highest BCUT2D eigenvalue weighted by Crippen LogP contribution is 2.35. The van der Waals surface area contributed by atoms with E-state index < -0.39 is 0 Å². The predicted molar refractivity (Wildman–Crippen MR) is 118 cm³/mol. The van der Waals surface area contributed by atoms with Crippen LogP contribution < -0.4 is 4.90 Å². The highest BCUT2D eigenvalue weighted by molar-refractivity contribution is 5.99. The van der Waals surface area contributed by atoms with Crippen molar-refractivity contribution in [2.75, 3.05) is 38.1 Å². The van der Waals surface area contributed by atoms with E-state index in [2.05, 4.69) is 75.5 Å². The van der Waals surface area contributed by atoms with Crippen LogP contribution in [-0.2, 0) is 0 Å². The van der Waals surface area contributed by atoms with Crippen molar-refractivity contribution in [1.82, 2.24) is 20.1 Å². The molecule has 5 heteroatoms. The molecule has 0 amide bonds. The molecule has 144 valence electrons. The first kappa shape index (κ1) is 17.8. The van der Waals surface area contributed by atoms with Crippen molar-refractivity contribution < 1.29 is 0 Å². The summed E-state index contributed by atoms with van der Waals surface area (Å²) >= 11 is 0. The fourth-order valence-electron chi connectivity index (χ4n) is 3.95. The summed E-state index contributed by atoms with van der Waals surface area (Å²) in [6.45, 7) is 4.01. The lowest BCUT2D eigenvalue weighted by molar-refractivity contribution is 0.312. The minimum atomic E-state index is 0.908. The van der Waals surface area contributed by atoms with Gasteiger partial charge >= 0.3 is 0 Å². The third-order valence-electron chi connectivity index (χ3n) is 5.64. The van der Waals surface area contributed by atoms with Gasteiger partial charge in [0.2, 0.25) is 0 Å². The first-order valence-electron chi connectivity index (χ1n) is 9.99. The number of nitrogens with zero attached hydrogens (tertiary/aromatic N) is 5. The molecule has 3 heterocycles. The quantitative estimate of drug-likeness (QED) is 0.534. The van der Waals surface area contributed by atoms with Crippen LogP contribution in [0.4, 0.5) is 5.82 Å². The van der Waals surface area contributed by atoms with E-state index in [0.29, 0.717) is 0 Å². The molecule has 0 saturated carbocycles. The van der Waals surface area contributed by atoms with Gasteiger partial charge in [-0.15, -0.1) is 10.2 Å². The van der Waals surface area contributed by atoms with Gasteiger partial charge in [0, 0.05) is 49.7 Å². The van der Waals surface area contributed by atoms with Crippen molar-refractivity contribution in [3.63, 3.8) is 0 Å². The Hall–Kier alpha value is -3.31. The average molecular weight is 381 g/mol. The van der Waals surface area contributed by atoms with E-state index in [1.807, 2.05) is 24.5 Å². The van der Waals surface area contributed by atoms with Crippen molar-refractivity contribution in [2.24, 2.45) is 0 Å². The molecule has 1 aliphatic heterocycles. The van der Waals surface area contributed by atoms with Crippen LogP contribution in [0.3, 0.4) is 0 Å². The highest BCUT2D eigenvalue weighted by Gasteiger charge is 2.19. The van der Waals surface area contributed by atoms with Gasteiger partial charge in [-0.25, -0.2) is 0 Å². The Balaban J connectivity index is 1.67. The third-order valence-corrected chi connectivity index (χ3v) is 5.64. The normalized spacial score (nSPS) is 15.0. The summed E-state index contributed by atoms with van der Waals surface area (Å²) in [4.78, 5) is 8.86. The molecule has 0 bridgehead atoms. The molecule has 1 fully saturated rings. The van der Waals surface area contributed by atoms with Crippen molar-refractivity contribution >= 4 is 16.6 Å². The summed E-state index contributed by atoms with van der Waals surface area (Å²) in [6.07, 6.45) is 3.66. The number of rotatable bonds is 3. The molecule has 0 aliphatic carbocycles. The topological polar surface area (TPSA) is 45.2 Å². The first-order chi connectivity index (χ1) is 14.3. The zero-order valence-electron chi connectivity index (χ0n) is 16.5. The van der Waals surface area contributed by atoms with Crippen LogP contribution in [-0.4, -0.2) is 53.3 Å². The number of aromatic nitrogens is 3. The van der Waals surface area contributed by atoms with Gasteiger partial charge in [-0.2, -0.15) is 0 Å². The molecule has 2 aromatic carbocycles. The standard InChI is InChI=1S/C24H23N5/c1-28-13-15-29(16-14-28)23-17-22(19-9-11-25-12-10-19)24(27-26-23)21-8-4-6-18-5-2-3-7-20(18)21/h2-12,17H,13-16H2,1H3. The van der Waals surface area contributed by atoms with E-state index in [-0.39, 0.29) is 0 Å². The van der Waals surface area contributed by atoms with Crippen LogP contribution in [0.25, 0.3) is 33.2 Å². The average Bonchev–Trinajstić information content (AvgIpc) is 2.79. The number of likely N-dealkylation sites (N-methyl/N-ethyl adjacent to an activating group) is 1. The summed E-state index contributed by atoms with van der Waals surface area (Å²) in [7, 11) is 2.16. The molecule has 29 heavy (non-hydrogen) atoms. The second-order valence-electron chi connectivity index (χ2n) is 7.52. The molecule has 2 aromatic heterocycles. The number of anilines is 1. The Bertz CT molecular complexity index is 1130. The number of piperazine rings is 1. The summed E-state index contributed by atoms with van der Waals surface area (Å²) in [6, 6.07) is 21.0. The van der Waals surface area contributed by atoms with E-state index in [9.17, 15) is 0 Å². The molecular weight excluding hydrogens is 358 g/mol.